The molecule has 0 aliphatic heterocycles. The second-order valence-corrected chi connectivity index (χ2v) is 6.74. The molecule has 0 saturated carbocycles. The minimum absolute atomic E-state index is 0.183. The highest BCUT2D eigenvalue weighted by Gasteiger charge is 2.16. The normalized spacial score (nSPS) is 10.2. The Bertz CT molecular complexity index is 1050. The first kappa shape index (κ1) is 20.9. The number of nitrogens with one attached hydrogen (secondary N) is 2. The van der Waals surface area contributed by atoms with E-state index in [1.165, 1.54) is 14.2 Å². The van der Waals surface area contributed by atoms with Gasteiger partial charge in [0.05, 0.1) is 19.8 Å². The molecule has 0 radical (unpaired) electrons. The van der Waals surface area contributed by atoms with Crippen LogP contribution in [0.15, 0.2) is 66.7 Å². The third kappa shape index (κ3) is 4.97. The Hall–Kier alpha value is -3.80. The second-order valence-electron chi connectivity index (χ2n) is 6.74. The number of ether oxygens (including phenoxy) is 2. The quantitative estimate of drug-likeness (QED) is 0.619. The molecular formula is C24H24N2O4. The van der Waals surface area contributed by atoms with Crippen LogP contribution in [0.5, 0.6) is 11.5 Å². The van der Waals surface area contributed by atoms with Crippen LogP contribution in [0.2, 0.25) is 0 Å². The zero-order chi connectivity index (χ0) is 21.5. The van der Waals surface area contributed by atoms with Gasteiger partial charge in [-0.1, -0.05) is 35.9 Å². The number of hydrogen-bond donors (Lipinski definition) is 2. The van der Waals surface area contributed by atoms with Crippen LogP contribution in [0.4, 0.5) is 5.69 Å². The van der Waals surface area contributed by atoms with E-state index in [0.717, 1.165) is 11.1 Å². The number of methoxy groups -OCH3 is 2. The van der Waals surface area contributed by atoms with Crippen molar-refractivity contribution < 1.29 is 19.1 Å². The molecule has 154 valence electrons. The van der Waals surface area contributed by atoms with Crippen molar-refractivity contribution in [3.8, 4) is 11.5 Å². The average Bonchev–Trinajstić information content (AvgIpc) is 2.77. The summed E-state index contributed by atoms with van der Waals surface area (Å²) in [4.78, 5) is 25.0. The minimum Gasteiger partial charge on any atom is -0.493 e. The maximum Gasteiger partial charge on any atom is 0.255 e. The molecule has 0 atom stereocenters. The van der Waals surface area contributed by atoms with Crippen LogP contribution in [0.25, 0.3) is 0 Å². The second kappa shape index (κ2) is 9.60. The van der Waals surface area contributed by atoms with Gasteiger partial charge in [0.25, 0.3) is 11.8 Å². The molecule has 0 heterocycles. The lowest BCUT2D eigenvalue weighted by molar-refractivity contribution is 0.0946. The lowest BCUT2D eigenvalue weighted by Gasteiger charge is -2.13. The molecule has 6 nitrogen and oxygen atoms in total. The summed E-state index contributed by atoms with van der Waals surface area (Å²) in [5.74, 6) is 0.416. The summed E-state index contributed by atoms with van der Waals surface area (Å²) in [7, 11) is 3.02. The van der Waals surface area contributed by atoms with Crippen LogP contribution >= 0.6 is 0 Å². The number of carbonyl (C=O) groups excluding carboxylic acids is 2. The maximum atomic E-state index is 12.6. The predicted molar refractivity (Wildman–Crippen MR) is 116 cm³/mol. The molecule has 0 fully saturated rings. The molecule has 0 aromatic heterocycles. The fraction of sp³-hybridized carbons (Fsp3) is 0.167. The van der Waals surface area contributed by atoms with E-state index >= 15 is 0 Å². The highest BCUT2D eigenvalue weighted by Crippen LogP contribution is 2.30. The van der Waals surface area contributed by atoms with Crippen LogP contribution < -0.4 is 20.1 Å². The number of carbonyl (C=O) groups is 2. The van der Waals surface area contributed by atoms with Gasteiger partial charge in [-0.05, 0) is 48.9 Å². The SMILES string of the molecule is COc1cccc(C(=O)NCc2cccc(NC(=O)c3ccc(C)cc3)c2)c1OC. The van der Waals surface area contributed by atoms with Crippen molar-refractivity contribution >= 4 is 17.5 Å². The van der Waals surface area contributed by atoms with Crippen molar-refractivity contribution in [1.29, 1.82) is 0 Å². The summed E-state index contributed by atoms with van der Waals surface area (Å²) in [6.07, 6.45) is 0. The van der Waals surface area contributed by atoms with E-state index in [0.29, 0.717) is 34.9 Å². The molecule has 6 heteroatoms. The Morgan fingerprint density at radius 2 is 1.60 bits per heavy atom. The predicted octanol–water partition coefficient (Wildman–Crippen LogP) is 4.19. The van der Waals surface area contributed by atoms with Gasteiger partial charge >= 0.3 is 0 Å². The Morgan fingerprint density at radius 1 is 0.867 bits per heavy atom. The Kier molecular flexibility index (Phi) is 6.70. The summed E-state index contributed by atoms with van der Waals surface area (Å²) in [5.41, 5.74) is 3.58. The van der Waals surface area contributed by atoms with Gasteiger partial charge in [0, 0.05) is 17.8 Å². The maximum absolute atomic E-state index is 12.6. The average molecular weight is 404 g/mol. The van der Waals surface area contributed by atoms with E-state index in [-0.39, 0.29) is 11.8 Å². The van der Waals surface area contributed by atoms with Gasteiger partial charge in [0.15, 0.2) is 11.5 Å². The standard InChI is InChI=1S/C24H24N2O4/c1-16-10-12-18(13-11-16)23(27)26-19-7-4-6-17(14-19)15-25-24(28)20-8-5-9-21(29-2)22(20)30-3/h4-14H,15H2,1-3H3,(H,25,28)(H,26,27). The number of aryl methyl sites for hydroxylation is 1. The molecule has 0 unspecified atom stereocenters. The first-order valence-corrected chi connectivity index (χ1v) is 9.48. The highest BCUT2D eigenvalue weighted by atomic mass is 16.5. The first-order chi connectivity index (χ1) is 14.5. The van der Waals surface area contributed by atoms with Gasteiger partial charge in [0.1, 0.15) is 0 Å². The molecule has 0 aliphatic carbocycles. The van der Waals surface area contributed by atoms with Gasteiger partial charge in [-0.15, -0.1) is 0 Å². The fourth-order valence-electron chi connectivity index (χ4n) is 3.01. The smallest absolute Gasteiger partial charge is 0.255 e. The van der Waals surface area contributed by atoms with E-state index in [4.69, 9.17) is 9.47 Å². The highest BCUT2D eigenvalue weighted by molar-refractivity contribution is 6.04. The minimum atomic E-state index is -0.278. The zero-order valence-corrected chi connectivity index (χ0v) is 17.2. The van der Waals surface area contributed by atoms with Crippen molar-refractivity contribution in [1.82, 2.24) is 5.32 Å². The summed E-state index contributed by atoms with van der Waals surface area (Å²) in [6, 6.07) is 19.9. The molecule has 0 spiro atoms. The van der Waals surface area contributed by atoms with Crippen LogP contribution in [0, 0.1) is 6.92 Å². The molecule has 3 rings (SSSR count). The van der Waals surface area contributed by atoms with Gasteiger partial charge in [-0.2, -0.15) is 0 Å². The molecule has 0 aliphatic rings. The number of rotatable bonds is 7. The van der Waals surface area contributed by atoms with Crippen molar-refractivity contribution in [3.05, 3.63) is 89.0 Å². The van der Waals surface area contributed by atoms with Gasteiger partial charge in [-0.3, -0.25) is 9.59 Å². The number of benzene rings is 3. The Labute approximate surface area is 175 Å². The Balaban J connectivity index is 1.66. The fourth-order valence-corrected chi connectivity index (χ4v) is 3.01. The largest absolute Gasteiger partial charge is 0.493 e. The molecule has 0 saturated heterocycles. The van der Waals surface area contributed by atoms with Crippen LogP contribution in [0.3, 0.4) is 0 Å². The van der Waals surface area contributed by atoms with Gasteiger partial charge in [0.2, 0.25) is 0 Å². The van der Waals surface area contributed by atoms with Gasteiger partial charge < -0.3 is 20.1 Å². The number of para-hydroxylation sites is 1. The number of hydrogen-bond acceptors (Lipinski definition) is 4. The monoisotopic (exact) mass is 404 g/mol. The van der Waals surface area contributed by atoms with Crippen molar-refractivity contribution in [3.63, 3.8) is 0 Å². The Morgan fingerprint density at radius 3 is 2.30 bits per heavy atom. The van der Waals surface area contributed by atoms with Crippen molar-refractivity contribution in [2.45, 2.75) is 13.5 Å². The van der Waals surface area contributed by atoms with E-state index in [1.807, 2.05) is 43.3 Å². The molecule has 30 heavy (non-hydrogen) atoms. The topological polar surface area (TPSA) is 76.7 Å². The van der Waals surface area contributed by atoms with Crippen LogP contribution in [-0.4, -0.2) is 26.0 Å². The van der Waals surface area contributed by atoms with Crippen LogP contribution in [0.1, 0.15) is 31.8 Å². The third-order valence-corrected chi connectivity index (χ3v) is 4.60. The van der Waals surface area contributed by atoms with E-state index < -0.39 is 0 Å². The lowest BCUT2D eigenvalue weighted by atomic mass is 10.1. The summed E-state index contributed by atoms with van der Waals surface area (Å²) in [6.45, 7) is 2.27. The van der Waals surface area contributed by atoms with Gasteiger partial charge in [-0.25, -0.2) is 0 Å². The van der Waals surface area contributed by atoms with Crippen LogP contribution in [-0.2, 0) is 6.54 Å². The van der Waals surface area contributed by atoms with Crippen molar-refractivity contribution in [2.75, 3.05) is 19.5 Å². The zero-order valence-electron chi connectivity index (χ0n) is 17.2. The number of anilines is 1. The van der Waals surface area contributed by atoms with E-state index in [2.05, 4.69) is 10.6 Å². The first-order valence-electron chi connectivity index (χ1n) is 9.48. The van der Waals surface area contributed by atoms with E-state index in [9.17, 15) is 9.59 Å². The summed E-state index contributed by atoms with van der Waals surface area (Å²) < 4.78 is 10.6. The molecule has 0 bridgehead atoms. The number of amides is 2. The van der Waals surface area contributed by atoms with E-state index in [1.54, 1.807) is 30.3 Å². The van der Waals surface area contributed by atoms with Crippen molar-refractivity contribution in [2.24, 2.45) is 0 Å². The molecule has 2 amide bonds. The molecule has 3 aromatic carbocycles. The molecule has 2 N–H and O–H groups in total. The molecular weight excluding hydrogens is 380 g/mol. The summed E-state index contributed by atoms with van der Waals surface area (Å²) in [5, 5.41) is 5.76. The lowest BCUT2D eigenvalue weighted by Crippen LogP contribution is -2.23. The molecule has 3 aromatic rings. The third-order valence-electron chi connectivity index (χ3n) is 4.60. The summed E-state index contributed by atoms with van der Waals surface area (Å²) >= 11 is 0.